The van der Waals surface area contributed by atoms with Crippen molar-refractivity contribution >= 4 is 86.1 Å². The minimum absolute atomic E-state index is 0.194. The van der Waals surface area contributed by atoms with Crippen LogP contribution in [0, 0.1) is 0 Å². The summed E-state index contributed by atoms with van der Waals surface area (Å²) in [5.74, 6) is 3.22. The molecule has 6 aromatic rings. The predicted octanol–water partition coefficient (Wildman–Crippen LogP) is 22.5. The van der Waals surface area contributed by atoms with E-state index in [-0.39, 0.29) is 13.1 Å². The van der Waals surface area contributed by atoms with Gasteiger partial charge in [-0.05, 0) is 144 Å². The molecule has 12 heteroatoms. The summed E-state index contributed by atoms with van der Waals surface area (Å²) in [5, 5.41) is 0. The predicted molar refractivity (Wildman–Crippen MR) is 338 cm³/mol. The number of rotatable bonds is 16. The van der Waals surface area contributed by atoms with Crippen LogP contribution in [-0.4, -0.2) is 32.8 Å². The van der Waals surface area contributed by atoms with Gasteiger partial charge in [-0.1, -0.05) is 196 Å². The van der Waals surface area contributed by atoms with E-state index in [1.165, 1.54) is 44.5 Å². The molecule has 2 aromatic heterocycles. The number of hydrogen-bond donors (Lipinski definition) is 0. The van der Waals surface area contributed by atoms with Crippen LogP contribution in [0.2, 0.25) is 0 Å². The Morgan fingerprint density at radius 3 is 0.577 bits per heavy atom. The molecule has 0 amide bonds. The topological polar surface area (TPSA) is 75.2 Å². The van der Waals surface area contributed by atoms with Crippen molar-refractivity contribution in [3.05, 3.63) is 176 Å². The normalized spacial score (nSPS) is 12.5. The number of pyridine rings is 2. The van der Waals surface area contributed by atoms with Gasteiger partial charge < -0.3 is 0 Å². The molecule has 0 spiro atoms. The van der Waals surface area contributed by atoms with E-state index < -0.39 is 0 Å². The first-order chi connectivity index (χ1) is 36.8. The zero-order chi connectivity index (χ0) is 58.6. The number of para-hydroxylation sites is 4. The summed E-state index contributed by atoms with van der Waals surface area (Å²) in [5.41, 5.74) is 21.8. The van der Waals surface area contributed by atoms with Crippen molar-refractivity contribution in [2.24, 2.45) is 20.0 Å². The Morgan fingerprint density at radius 1 is 0.321 bits per heavy atom. The second kappa shape index (κ2) is 33.7. The third-order valence-electron chi connectivity index (χ3n) is 13.5. The maximum absolute atomic E-state index is 5.15. The van der Waals surface area contributed by atoms with E-state index >= 15 is 0 Å². The van der Waals surface area contributed by atoms with Gasteiger partial charge in [0.15, 0.2) is 0 Å². The molecule has 4 aromatic carbocycles. The molecule has 425 valence electrons. The van der Waals surface area contributed by atoms with Gasteiger partial charge in [0.25, 0.3) is 0 Å². The second-order valence-electron chi connectivity index (χ2n) is 22.1. The Kier molecular flexibility index (Phi) is 29.5. The van der Waals surface area contributed by atoms with E-state index in [1.54, 1.807) is 0 Å². The Hall–Kier alpha value is -3.95. The van der Waals surface area contributed by atoms with Gasteiger partial charge in [0, 0.05) is 0 Å². The third-order valence-corrected chi connectivity index (χ3v) is 13.5. The molecule has 0 fully saturated rings. The van der Waals surface area contributed by atoms with Crippen molar-refractivity contribution < 1.29 is 26.0 Å². The van der Waals surface area contributed by atoms with Crippen LogP contribution in [0.5, 0.6) is 0 Å². The molecule has 2 heterocycles. The fourth-order valence-corrected chi connectivity index (χ4v) is 9.14. The van der Waals surface area contributed by atoms with Crippen LogP contribution in [0.15, 0.2) is 129 Å². The third kappa shape index (κ3) is 19.6. The number of nitrogens with zero attached hydrogens (tertiary/aromatic N) is 6. The van der Waals surface area contributed by atoms with Crippen LogP contribution in [0.25, 0.3) is 0 Å². The minimum atomic E-state index is 0.194. The van der Waals surface area contributed by atoms with E-state index in [0.717, 1.165) is 68.4 Å². The van der Waals surface area contributed by atoms with Gasteiger partial charge in [-0.2, -0.15) is 0 Å². The first-order valence-electron chi connectivity index (χ1n) is 27.2. The molecule has 6 rings (SSSR count). The number of benzene rings is 4. The molecular formula is C66H86Cl4CoFeN6. The average molecular weight is 1220 g/mol. The van der Waals surface area contributed by atoms with Gasteiger partial charge in [0.1, 0.15) is 0 Å². The van der Waals surface area contributed by atoms with E-state index in [4.69, 9.17) is 70.4 Å². The van der Waals surface area contributed by atoms with Gasteiger partial charge in [-0.15, -0.1) is 0 Å². The fourth-order valence-electron chi connectivity index (χ4n) is 9.14. The van der Waals surface area contributed by atoms with Crippen molar-refractivity contribution in [1.82, 2.24) is 9.97 Å². The first-order valence-corrected chi connectivity index (χ1v) is 33.1. The van der Waals surface area contributed by atoms with E-state index in [1.807, 2.05) is 24.3 Å². The van der Waals surface area contributed by atoms with Crippen molar-refractivity contribution in [1.29, 1.82) is 0 Å². The van der Waals surface area contributed by atoms with Gasteiger partial charge in [0.05, 0.1) is 68.4 Å². The molecule has 78 heavy (non-hydrogen) atoms. The van der Waals surface area contributed by atoms with Gasteiger partial charge in [0.2, 0.25) is 0 Å². The Bertz CT molecular complexity index is 2500. The van der Waals surface area contributed by atoms with E-state index in [9.17, 15) is 0 Å². The first kappa shape index (κ1) is 68.3. The van der Waals surface area contributed by atoms with Crippen LogP contribution < -0.4 is 0 Å². The quantitative estimate of drug-likeness (QED) is 0.0715. The molecule has 0 bridgehead atoms. The monoisotopic (exact) mass is 1220 g/mol. The van der Waals surface area contributed by atoms with Crippen LogP contribution in [0.3, 0.4) is 0 Å². The molecule has 0 N–H and O–H groups in total. The molecule has 0 atom stereocenters. The number of halogens is 4. The molecule has 6 nitrogen and oxygen atoms in total. The maximum atomic E-state index is 5.15. The van der Waals surface area contributed by atoms with Crippen LogP contribution in [-0.2, 0) is 26.0 Å². The Labute approximate surface area is 500 Å². The summed E-state index contributed by atoms with van der Waals surface area (Å²) in [4.78, 5) is 30.6. The second-order valence-corrected chi connectivity index (χ2v) is 25.6. The zero-order valence-electron chi connectivity index (χ0n) is 49.9. The zero-order valence-corrected chi connectivity index (χ0v) is 55.1. The van der Waals surface area contributed by atoms with Gasteiger partial charge in [-0.3, -0.25) is 20.0 Å². The van der Waals surface area contributed by atoms with E-state index in [0.29, 0.717) is 60.2 Å². The van der Waals surface area contributed by atoms with Crippen molar-refractivity contribution in [2.45, 2.75) is 186 Å². The fraction of sp³-hybridized carbons (Fsp3) is 0.424. The summed E-state index contributed by atoms with van der Waals surface area (Å²) < 4.78 is 0. The molecule has 0 unspecified atom stereocenters. The molecule has 0 aliphatic carbocycles. The summed E-state index contributed by atoms with van der Waals surface area (Å²) in [6.07, 6.45) is 0. The summed E-state index contributed by atoms with van der Waals surface area (Å²) in [7, 11) is 19.0. The SMILES string of the molecule is CC(=Nc1c(C(C)C)cccc1C(C)C)c1cccc(C(C)=Nc2c(C(C)C)cccc2C(C)C)n1.CC(=Nc1c(C(C)C)cccc1C(C)C)c1cccc(C(C)=Nc2c(C(C)C)cccc2C(C)C)n1.[Cl][Co][Cl].[Cl][Fe][Cl]. The summed E-state index contributed by atoms with van der Waals surface area (Å²) in [6, 6.07) is 38.5. The Balaban J connectivity index is 0.000000373. The van der Waals surface area contributed by atoms with Crippen molar-refractivity contribution in [3.8, 4) is 0 Å². The standard InChI is InChI=1S/2C33H43N3.4ClH.Co.Fe/c2*1-20(2)26-14-11-15-27(21(3)4)32(26)34-24(9)30-18-13-19-31(36-30)25(10)35-33-28(22(5)6)16-12-17-29(33)23(7)8;;;;;;/h2*11-23H,1-10H3;4*1H;;/q;;;;;;2*+2/p-4. The number of aromatic nitrogens is 2. The molecule has 0 saturated carbocycles. The molecule has 0 saturated heterocycles. The average Bonchev–Trinajstić information content (AvgIpc) is 3.38. The molecular weight excluding hydrogens is 1130 g/mol. The summed E-state index contributed by atoms with van der Waals surface area (Å²) >= 11 is 0.576. The van der Waals surface area contributed by atoms with Crippen LogP contribution in [0.1, 0.15) is 253 Å². The number of hydrogen-bond acceptors (Lipinski definition) is 6. The van der Waals surface area contributed by atoms with Crippen molar-refractivity contribution in [3.63, 3.8) is 0 Å². The van der Waals surface area contributed by atoms with Gasteiger partial charge in [-0.25, -0.2) is 9.97 Å². The molecule has 0 radical (unpaired) electrons. The Morgan fingerprint density at radius 2 is 0.449 bits per heavy atom. The molecule has 0 aliphatic rings. The van der Waals surface area contributed by atoms with Crippen LogP contribution >= 0.6 is 40.5 Å². The molecule has 0 aliphatic heterocycles. The van der Waals surface area contributed by atoms with Crippen molar-refractivity contribution in [2.75, 3.05) is 0 Å². The van der Waals surface area contributed by atoms with Crippen LogP contribution in [0.4, 0.5) is 22.7 Å². The van der Waals surface area contributed by atoms with Gasteiger partial charge >= 0.3 is 66.5 Å². The van der Waals surface area contributed by atoms with E-state index in [2.05, 4.69) is 223 Å². The number of aliphatic imine (C=N–C) groups is 4. The summed E-state index contributed by atoms with van der Waals surface area (Å²) in [6.45, 7) is 43.9.